The van der Waals surface area contributed by atoms with Gasteiger partial charge < -0.3 is 20.7 Å². The van der Waals surface area contributed by atoms with Crippen molar-refractivity contribution >= 4 is 51.6 Å². The van der Waals surface area contributed by atoms with Gasteiger partial charge in [0.05, 0.1) is 12.5 Å². The van der Waals surface area contributed by atoms with Crippen LogP contribution in [0.15, 0.2) is 30.6 Å². The molecule has 3 N–H and O–H groups in total. The summed E-state index contributed by atoms with van der Waals surface area (Å²) in [4.78, 5) is 22.6. The van der Waals surface area contributed by atoms with Crippen molar-refractivity contribution in [2.45, 2.75) is 19.8 Å². The van der Waals surface area contributed by atoms with Gasteiger partial charge in [0.2, 0.25) is 0 Å². The largest absolute Gasteiger partial charge is 0.466 e. The van der Waals surface area contributed by atoms with E-state index < -0.39 is 0 Å². The number of ether oxygens (including phenoxy) is 1. The van der Waals surface area contributed by atoms with Gasteiger partial charge in [-0.2, -0.15) is 0 Å². The number of halogens is 1. The first-order valence-corrected chi connectivity index (χ1v) is 9.71. The molecular weight excluding hydrogens is 445 g/mol. The molecule has 0 aliphatic carbocycles. The van der Waals surface area contributed by atoms with Crippen molar-refractivity contribution in [1.82, 2.24) is 9.97 Å². The maximum atomic E-state index is 11.9. The van der Waals surface area contributed by atoms with Gasteiger partial charge in [-0.3, -0.25) is 4.79 Å². The predicted molar refractivity (Wildman–Crippen MR) is 110 cm³/mol. The van der Waals surface area contributed by atoms with Crippen LogP contribution in [0.4, 0.5) is 23.0 Å². The van der Waals surface area contributed by atoms with Crippen molar-refractivity contribution < 1.29 is 9.53 Å². The van der Waals surface area contributed by atoms with Gasteiger partial charge in [-0.15, -0.1) is 0 Å². The smallest absolute Gasteiger partial charge is 0.309 e. The van der Waals surface area contributed by atoms with Gasteiger partial charge >= 0.3 is 5.97 Å². The Balaban J connectivity index is 1.70. The van der Waals surface area contributed by atoms with Crippen LogP contribution in [0.5, 0.6) is 0 Å². The van der Waals surface area contributed by atoms with E-state index in [0.29, 0.717) is 37.0 Å². The van der Waals surface area contributed by atoms with Crippen molar-refractivity contribution in [1.29, 1.82) is 0 Å². The molecule has 1 saturated heterocycles. The second-order valence-electron chi connectivity index (χ2n) is 6.10. The first kappa shape index (κ1) is 18.7. The third kappa shape index (κ3) is 4.35. The molecule has 0 unspecified atom stereocenters. The van der Waals surface area contributed by atoms with Crippen molar-refractivity contribution in [2.75, 3.05) is 35.6 Å². The van der Waals surface area contributed by atoms with Gasteiger partial charge in [-0.25, -0.2) is 9.97 Å². The van der Waals surface area contributed by atoms with Gasteiger partial charge in [0.1, 0.15) is 12.0 Å². The molecule has 0 bridgehead atoms. The molecule has 8 heteroatoms. The molecule has 0 spiro atoms. The predicted octanol–water partition coefficient (Wildman–Crippen LogP) is 3.19. The lowest BCUT2D eigenvalue weighted by atomic mass is 9.97. The summed E-state index contributed by atoms with van der Waals surface area (Å²) in [5.74, 6) is 1.14. The number of carbonyl (C=O) groups is 1. The second-order valence-corrected chi connectivity index (χ2v) is 7.35. The maximum Gasteiger partial charge on any atom is 0.309 e. The molecule has 138 valence electrons. The van der Waals surface area contributed by atoms with Crippen LogP contribution in [0.25, 0.3) is 0 Å². The molecule has 1 aliphatic heterocycles. The summed E-state index contributed by atoms with van der Waals surface area (Å²) in [6.45, 7) is 3.68. The number of anilines is 4. The molecule has 3 rings (SSSR count). The minimum atomic E-state index is -0.108. The Hall–Kier alpha value is -2.10. The highest BCUT2D eigenvalue weighted by Gasteiger charge is 2.27. The fourth-order valence-electron chi connectivity index (χ4n) is 2.99. The number of aromatic nitrogens is 2. The molecule has 1 aromatic carbocycles. The molecule has 0 saturated carbocycles. The standard InChI is InChI=1S/C18H22IN5O2/c1-2-26-18(25)12-7-9-24(10-8-12)17-15(20)16(21-11-22-17)23-14-5-3-13(19)4-6-14/h3-6,11-12H,2,7-10,20H2,1H3,(H,21,22,23). The lowest BCUT2D eigenvalue weighted by Crippen LogP contribution is -2.37. The zero-order valence-electron chi connectivity index (χ0n) is 14.6. The summed E-state index contributed by atoms with van der Waals surface area (Å²) in [7, 11) is 0. The van der Waals surface area contributed by atoms with E-state index in [9.17, 15) is 4.79 Å². The Morgan fingerprint density at radius 1 is 1.31 bits per heavy atom. The quantitative estimate of drug-likeness (QED) is 0.516. The lowest BCUT2D eigenvalue weighted by Gasteiger charge is -2.32. The third-order valence-electron chi connectivity index (χ3n) is 4.38. The molecule has 2 aromatic rings. The number of nitrogens with two attached hydrogens (primary N) is 1. The molecule has 0 atom stereocenters. The Morgan fingerprint density at radius 2 is 2.00 bits per heavy atom. The Labute approximate surface area is 166 Å². The first-order chi connectivity index (χ1) is 12.6. The Morgan fingerprint density at radius 3 is 2.65 bits per heavy atom. The van der Waals surface area contributed by atoms with E-state index in [1.165, 1.54) is 6.33 Å². The van der Waals surface area contributed by atoms with Crippen molar-refractivity contribution in [3.05, 3.63) is 34.2 Å². The highest BCUT2D eigenvalue weighted by atomic mass is 127. The number of nitrogen functional groups attached to an aromatic ring is 1. The minimum absolute atomic E-state index is 0.0429. The number of hydrogen-bond acceptors (Lipinski definition) is 7. The highest BCUT2D eigenvalue weighted by Crippen LogP contribution is 2.31. The molecule has 1 aromatic heterocycles. The van der Waals surface area contributed by atoms with E-state index >= 15 is 0 Å². The average molecular weight is 467 g/mol. The van der Waals surface area contributed by atoms with E-state index in [4.69, 9.17) is 10.5 Å². The van der Waals surface area contributed by atoms with Crippen LogP contribution in [0.2, 0.25) is 0 Å². The molecule has 1 fully saturated rings. The van der Waals surface area contributed by atoms with Crippen LogP contribution < -0.4 is 16.0 Å². The number of hydrogen-bond donors (Lipinski definition) is 2. The summed E-state index contributed by atoms with van der Waals surface area (Å²) in [5, 5.41) is 3.24. The molecule has 2 heterocycles. The molecule has 0 amide bonds. The molecule has 26 heavy (non-hydrogen) atoms. The fraction of sp³-hybridized carbons (Fsp3) is 0.389. The number of carbonyl (C=O) groups excluding carboxylic acids is 1. The number of piperidine rings is 1. The van der Waals surface area contributed by atoms with E-state index in [2.05, 4.69) is 42.8 Å². The van der Waals surface area contributed by atoms with Gasteiger partial charge in [-0.1, -0.05) is 0 Å². The van der Waals surface area contributed by atoms with Gasteiger partial charge in [0.15, 0.2) is 11.6 Å². The molecule has 1 aliphatic rings. The number of nitrogens with zero attached hydrogens (tertiary/aromatic N) is 3. The first-order valence-electron chi connectivity index (χ1n) is 8.63. The number of benzene rings is 1. The van der Waals surface area contributed by atoms with E-state index in [0.717, 1.165) is 22.1 Å². The van der Waals surface area contributed by atoms with Crippen LogP contribution in [0.1, 0.15) is 19.8 Å². The second kappa shape index (κ2) is 8.52. The van der Waals surface area contributed by atoms with Crippen LogP contribution in [0.3, 0.4) is 0 Å². The van der Waals surface area contributed by atoms with Gasteiger partial charge in [0.25, 0.3) is 0 Å². The lowest BCUT2D eigenvalue weighted by molar-refractivity contribution is -0.148. The fourth-order valence-corrected chi connectivity index (χ4v) is 3.35. The van der Waals surface area contributed by atoms with Crippen molar-refractivity contribution in [2.24, 2.45) is 5.92 Å². The monoisotopic (exact) mass is 467 g/mol. The Bertz CT molecular complexity index is 761. The summed E-state index contributed by atoms with van der Waals surface area (Å²) in [6.07, 6.45) is 2.99. The molecule has 0 radical (unpaired) electrons. The Kier molecular flexibility index (Phi) is 6.12. The van der Waals surface area contributed by atoms with E-state index in [1.807, 2.05) is 31.2 Å². The van der Waals surface area contributed by atoms with Crippen molar-refractivity contribution in [3.8, 4) is 0 Å². The van der Waals surface area contributed by atoms with Gasteiger partial charge in [-0.05, 0) is 66.6 Å². The number of nitrogens with one attached hydrogen (secondary N) is 1. The zero-order valence-corrected chi connectivity index (χ0v) is 16.8. The van der Waals surface area contributed by atoms with Crippen LogP contribution in [-0.2, 0) is 9.53 Å². The van der Waals surface area contributed by atoms with Crippen LogP contribution in [0, 0.1) is 9.49 Å². The zero-order chi connectivity index (χ0) is 18.5. The third-order valence-corrected chi connectivity index (χ3v) is 5.10. The maximum absolute atomic E-state index is 11.9. The number of rotatable bonds is 5. The summed E-state index contributed by atoms with van der Waals surface area (Å²) in [6, 6.07) is 7.99. The van der Waals surface area contributed by atoms with Crippen molar-refractivity contribution in [3.63, 3.8) is 0 Å². The summed E-state index contributed by atoms with van der Waals surface area (Å²) < 4.78 is 6.28. The number of esters is 1. The summed E-state index contributed by atoms with van der Waals surface area (Å²) >= 11 is 2.26. The minimum Gasteiger partial charge on any atom is -0.466 e. The highest BCUT2D eigenvalue weighted by molar-refractivity contribution is 14.1. The summed E-state index contributed by atoms with van der Waals surface area (Å²) in [5.41, 5.74) is 7.75. The molecule has 7 nitrogen and oxygen atoms in total. The van der Waals surface area contributed by atoms with Crippen LogP contribution in [-0.4, -0.2) is 35.6 Å². The molecular formula is C18H22IN5O2. The van der Waals surface area contributed by atoms with E-state index in [1.54, 1.807) is 0 Å². The average Bonchev–Trinajstić information content (AvgIpc) is 2.66. The normalized spacial score (nSPS) is 14.9. The topological polar surface area (TPSA) is 93.4 Å². The van der Waals surface area contributed by atoms with Crippen LogP contribution >= 0.6 is 22.6 Å². The van der Waals surface area contributed by atoms with E-state index in [-0.39, 0.29) is 11.9 Å². The van der Waals surface area contributed by atoms with Gasteiger partial charge in [0, 0.05) is 22.3 Å². The SMILES string of the molecule is CCOC(=O)C1CCN(c2ncnc(Nc3ccc(I)cc3)c2N)CC1.